The van der Waals surface area contributed by atoms with Crippen LogP contribution in [0, 0.1) is 6.92 Å². The molecule has 0 radical (unpaired) electrons. The molecule has 2 aliphatic rings. The number of carbonyl (C=O) groups excluding carboxylic acids is 2. The molecule has 1 fully saturated rings. The van der Waals surface area contributed by atoms with Gasteiger partial charge < -0.3 is 4.90 Å². The van der Waals surface area contributed by atoms with Crippen LogP contribution in [0.4, 0.5) is 4.79 Å². The normalized spacial score (nSPS) is 17.2. The molecule has 2 aliphatic heterocycles. The molecular formula is C20H23Cl2N5O4S. The van der Waals surface area contributed by atoms with Crippen molar-refractivity contribution in [2.75, 3.05) is 31.9 Å². The van der Waals surface area contributed by atoms with Gasteiger partial charge in [-0.15, -0.1) is 0 Å². The summed E-state index contributed by atoms with van der Waals surface area (Å²) in [5, 5.41) is 4.08. The van der Waals surface area contributed by atoms with Crippen LogP contribution in [0.25, 0.3) is 0 Å². The average Bonchev–Trinajstić information content (AvgIpc) is 3.27. The van der Waals surface area contributed by atoms with Crippen molar-refractivity contribution < 1.29 is 18.0 Å². The second kappa shape index (κ2) is 9.01. The van der Waals surface area contributed by atoms with Crippen molar-refractivity contribution in [3.05, 3.63) is 46.0 Å². The van der Waals surface area contributed by atoms with Crippen LogP contribution >= 0.6 is 23.2 Å². The molecule has 0 spiro atoms. The van der Waals surface area contributed by atoms with Gasteiger partial charge in [-0.1, -0.05) is 23.2 Å². The van der Waals surface area contributed by atoms with E-state index in [1.165, 1.54) is 18.2 Å². The van der Waals surface area contributed by atoms with Crippen molar-refractivity contribution in [2.45, 2.75) is 31.2 Å². The minimum absolute atomic E-state index is 0.0239. The molecule has 0 N–H and O–H groups in total. The van der Waals surface area contributed by atoms with E-state index in [9.17, 15) is 18.0 Å². The Morgan fingerprint density at radius 2 is 1.88 bits per heavy atom. The SMILES string of the molecule is Cc1ncc2n1C(=O)N(N1CCN(C(=O)CCCS(=O)(=O)c3ccc(Cl)cc3Cl)CC1)C2. The van der Waals surface area contributed by atoms with Gasteiger partial charge in [0.05, 0.1) is 34.1 Å². The maximum Gasteiger partial charge on any atom is 0.344 e. The molecule has 0 bridgehead atoms. The lowest BCUT2D eigenvalue weighted by Gasteiger charge is -2.38. The first-order valence-electron chi connectivity index (χ1n) is 10.2. The summed E-state index contributed by atoms with van der Waals surface area (Å²) >= 11 is 11.8. The quantitative estimate of drug-likeness (QED) is 0.605. The number of fused-ring (bicyclic) bond motifs is 1. The Balaban J connectivity index is 1.26. The molecule has 2 aromatic rings. The average molecular weight is 500 g/mol. The van der Waals surface area contributed by atoms with Crippen LogP contribution in [-0.2, 0) is 21.2 Å². The number of hydrogen-bond acceptors (Lipinski definition) is 6. The summed E-state index contributed by atoms with van der Waals surface area (Å²) in [4.78, 5) is 31.1. The van der Waals surface area contributed by atoms with Gasteiger partial charge in [-0.2, -0.15) is 0 Å². The number of amides is 2. The lowest BCUT2D eigenvalue weighted by atomic mass is 10.2. The van der Waals surface area contributed by atoms with E-state index in [4.69, 9.17) is 23.2 Å². The van der Waals surface area contributed by atoms with E-state index in [0.29, 0.717) is 43.6 Å². The Bertz CT molecular complexity index is 1160. The number of imidazole rings is 1. The fourth-order valence-electron chi connectivity index (χ4n) is 4.02. The van der Waals surface area contributed by atoms with E-state index in [2.05, 4.69) is 4.98 Å². The van der Waals surface area contributed by atoms with E-state index in [-0.39, 0.29) is 40.5 Å². The van der Waals surface area contributed by atoms with Crippen LogP contribution in [0.2, 0.25) is 10.0 Å². The Labute approximate surface area is 196 Å². The van der Waals surface area contributed by atoms with Gasteiger partial charge in [0.2, 0.25) is 5.91 Å². The van der Waals surface area contributed by atoms with Gasteiger partial charge in [0.15, 0.2) is 9.84 Å². The molecule has 3 heterocycles. The molecule has 1 aromatic carbocycles. The van der Waals surface area contributed by atoms with Gasteiger partial charge in [-0.25, -0.2) is 27.8 Å². The molecule has 9 nitrogen and oxygen atoms in total. The monoisotopic (exact) mass is 499 g/mol. The van der Waals surface area contributed by atoms with Gasteiger partial charge in [0.1, 0.15) is 5.82 Å². The molecule has 172 valence electrons. The molecule has 0 atom stereocenters. The van der Waals surface area contributed by atoms with Crippen LogP contribution < -0.4 is 0 Å². The zero-order valence-electron chi connectivity index (χ0n) is 17.5. The van der Waals surface area contributed by atoms with Crippen LogP contribution in [0.3, 0.4) is 0 Å². The number of hydrogen-bond donors (Lipinski definition) is 0. The summed E-state index contributed by atoms with van der Waals surface area (Å²) in [6, 6.07) is 4.13. The molecule has 4 rings (SSSR count). The maximum absolute atomic E-state index is 12.6. The highest BCUT2D eigenvalue weighted by Gasteiger charge is 2.35. The topological polar surface area (TPSA) is 95.8 Å². The Morgan fingerprint density at radius 3 is 2.53 bits per heavy atom. The molecule has 0 saturated carbocycles. The molecule has 0 aliphatic carbocycles. The Kier molecular flexibility index (Phi) is 6.49. The molecule has 1 saturated heterocycles. The van der Waals surface area contributed by atoms with Crippen LogP contribution in [-0.4, -0.2) is 76.8 Å². The van der Waals surface area contributed by atoms with E-state index >= 15 is 0 Å². The summed E-state index contributed by atoms with van der Waals surface area (Å²) in [6.45, 7) is 4.29. The van der Waals surface area contributed by atoms with Crippen LogP contribution in [0.1, 0.15) is 24.4 Å². The van der Waals surface area contributed by atoms with Crippen LogP contribution in [0.5, 0.6) is 0 Å². The first-order chi connectivity index (χ1) is 15.2. The third-order valence-corrected chi connectivity index (χ3v) is 8.23. The maximum atomic E-state index is 12.6. The Hall–Kier alpha value is -2.14. The zero-order valence-corrected chi connectivity index (χ0v) is 19.8. The summed E-state index contributed by atoms with van der Waals surface area (Å²) in [5.74, 6) is 0.394. The lowest BCUT2D eigenvalue weighted by Crippen LogP contribution is -2.55. The number of halogens is 2. The van der Waals surface area contributed by atoms with Crippen molar-refractivity contribution in [1.82, 2.24) is 24.5 Å². The van der Waals surface area contributed by atoms with Gasteiger partial charge >= 0.3 is 6.03 Å². The van der Waals surface area contributed by atoms with Gasteiger partial charge in [-0.3, -0.25) is 9.80 Å². The van der Waals surface area contributed by atoms with Crippen molar-refractivity contribution in [2.24, 2.45) is 0 Å². The van der Waals surface area contributed by atoms with E-state index < -0.39 is 9.84 Å². The molecule has 1 aromatic heterocycles. The highest BCUT2D eigenvalue weighted by molar-refractivity contribution is 7.91. The molecule has 2 amide bonds. The standard InChI is InChI=1S/C20H23Cl2N5O4S/c1-14-23-12-16-13-26(20(29)27(14)16)25-8-6-24(7-9-25)19(28)3-2-10-32(30,31)18-5-4-15(21)11-17(18)22/h4-5,11-12H,2-3,6-10,13H2,1H3. The third-order valence-electron chi connectivity index (χ3n) is 5.72. The predicted octanol–water partition coefficient (Wildman–Crippen LogP) is 2.60. The number of nitrogens with zero attached hydrogens (tertiary/aromatic N) is 5. The van der Waals surface area contributed by atoms with Crippen molar-refractivity contribution >= 4 is 45.0 Å². The van der Waals surface area contributed by atoms with Crippen LogP contribution in [0.15, 0.2) is 29.3 Å². The van der Waals surface area contributed by atoms with Gasteiger partial charge in [-0.05, 0) is 31.5 Å². The fourth-order valence-corrected chi connectivity index (χ4v) is 6.15. The van der Waals surface area contributed by atoms with Crippen molar-refractivity contribution in [3.63, 3.8) is 0 Å². The van der Waals surface area contributed by atoms with Crippen molar-refractivity contribution in [3.8, 4) is 0 Å². The Morgan fingerprint density at radius 1 is 1.16 bits per heavy atom. The molecule has 32 heavy (non-hydrogen) atoms. The molecule has 12 heteroatoms. The van der Waals surface area contributed by atoms with E-state index in [1.54, 1.807) is 27.6 Å². The van der Waals surface area contributed by atoms with E-state index in [1.807, 2.05) is 5.01 Å². The molecule has 0 unspecified atom stereocenters. The largest absolute Gasteiger partial charge is 0.344 e. The number of piperazine rings is 1. The summed E-state index contributed by atoms with van der Waals surface area (Å²) in [7, 11) is -3.61. The number of aryl methyl sites for hydroxylation is 1. The summed E-state index contributed by atoms with van der Waals surface area (Å²) in [6.07, 6.45) is 2.04. The number of rotatable bonds is 6. The predicted molar refractivity (Wildman–Crippen MR) is 119 cm³/mol. The van der Waals surface area contributed by atoms with E-state index in [0.717, 1.165) is 5.69 Å². The number of benzene rings is 1. The van der Waals surface area contributed by atoms with Crippen molar-refractivity contribution in [1.29, 1.82) is 0 Å². The number of aromatic nitrogens is 2. The number of hydrazine groups is 1. The minimum Gasteiger partial charge on any atom is -0.340 e. The second-order valence-electron chi connectivity index (χ2n) is 7.80. The highest BCUT2D eigenvalue weighted by atomic mass is 35.5. The lowest BCUT2D eigenvalue weighted by molar-refractivity contribution is -0.135. The smallest absolute Gasteiger partial charge is 0.340 e. The minimum atomic E-state index is -3.61. The molecular weight excluding hydrogens is 477 g/mol. The number of sulfone groups is 1. The van der Waals surface area contributed by atoms with Gasteiger partial charge in [0.25, 0.3) is 0 Å². The second-order valence-corrected chi connectivity index (χ2v) is 10.7. The third kappa shape index (κ3) is 4.50. The summed E-state index contributed by atoms with van der Waals surface area (Å²) in [5.41, 5.74) is 0.855. The fraction of sp³-hybridized carbons (Fsp3) is 0.450. The number of carbonyl (C=O) groups is 2. The first-order valence-corrected chi connectivity index (χ1v) is 12.6. The first kappa shape index (κ1) is 23.0. The highest BCUT2D eigenvalue weighted by Crippen LogP contribution is 2.26. The van der Waals surface area contributed by atoms with Gasteiger partial charge in [0, 0.05) is 37.6 Å². The zero-order chi connectivity index (χ0) is 23.0. The summed E-state index contributed by atoms with van der Waals surface area (Å²) < 4.78 is 26.7.